The van der Waals surface area contributed by atoms with E-state index in [9.17, 15) is 18.0 Å². The molecule has 1 aromatic heterocycles. The molecule has 0 amide bonds. The molecule has 100 valence electrons. The van der Waals surface area contributed by atoms with E-state index in [-0.39, 0.29) is 29.6 Å². The molecule has 0 radical (unpaired) electrons. The van der Waals surface area contributed by atoms with Crippen molar-refractivity contribution in [3.63, 3.8) is 0 Å². The van der Waals surface area contributed by atoms with Crippen LogP contribution in [-0.2, 0) is 21.3 Å². The van der Waals surface area contributed by atoms with Gasteiger partial charge in [0, 0.05) is 17.0 Å². The van der Waals surface area contributed by atoms with Crippen molar-refractivity contribution in [3.05, 3.63) is 28.8 Å². The maximum Gasteiger partial charge on any atom is 0.310 e. The predicted octanol–water partition coefficient (Wildman–Crippen LogP) is 3.16. The Kier molecular flexibility index (Phi) is 5.58. The summed E-state index contributed by atoms with van der Waals surface area (Å²) in [6, 6.07) is 0.644. The minimum Gasteiger partial charge on any atom is -0.466 e. The standard InChI is InChI=1S/C11H11BrF3NO2/c1-2-18-10(17)4-6-7(11(14)15)3-9(13)16-8(6)5-12/h3,11H,2,4-5H2,1H3. The summed E-state index contributed by atoms with van der Waals surface area (Å²) in [5.74, 6) is -1.64. The van der Waals surface area contributed by atoms with Gasteiger partial charge in [0.25, 0.3) is 6.43 Å². The summed E-state index contributed by atoms with van der Waals surface area (Å²) in [5, 5.41) is 0.0826. The first-order chi connectivity index (χ1) is 8.49. The van der Waals surface area contributed by atoms with E-state index in [1.165, 1.54) is 0 Å². The summed E-state index contributed by atoms with van der Waals surface area (Å²) in [5.41, 5.74) is -0.426. The Morgan fingerprint density at radius 1 is 1.56 bits per heavy atom. The van der Waals surface area contributed by atoms with Gasteiger partial charge in [0.05, 0.1) is 18.7 Å². The molecule has 0 spiro atoms. The molecule has 1 heterocycles. The first-order valence-electron chi connectivity index (χ1n) is 5.17. The van der Waals surface area contributed by atoms with Gasteiger partial charge in [0.2, 0.25) is 5.95 Å². The summed E-state index contributed by atoms with van der Waals surface area (Å²) >= 11 is 3.03. The number of esters is 1. The lowest BCUT2D eigenvalue weighted by Gasteiger charge is -2.12. The van der Waals surface area contributed by atoms with Crippen LogP contribution in [-0.4, -0.2) is 17.6 Å². The van der Waals surface area contributed by atoms with Crippen LogP contribution in [0.5, 0.6) is 0 Å². The Morgan fingerprint density at radius 2 is 2.22 bits per heavy atom. The molecule has 1 rings (SSSR count). The van der Waals surface area contributed by atoms with E-state index in [0.29, 0.717) is 6.07 Å². The molecule has 0 aliphatic rings. The number of aromatic nitrogens is 1. The fourth-order valence-corrected chi connectivity index (χ4v) is 1.94. The summed E-state index contributed by atoms with van der Waals surface area (Å²) < 4.78 is 43.3. The average Bonchev–Trinajstić information content (AvgIpc) is 2.30. The molecule has 0 atom stereocenters. The molecule has 18 heavy (non-hydrogen) atoms. The second-order valence-corrected chi connectivity index (χ2v) is 3.94. The zero-order chi connectivity index (χ0) is 13.7. The summed E-state index contributed by atoms with van der Waals surface area (Å²) in [6.45, 7) is 1.77. The molecule has 7 heteroatoms. The van der Waals surface area contributed by atoms with E-state index in [2.05, 4.69) is 25.7 Å². The summed E-state index contributed by atoms with van der Waals surface area (Å²) in [4.78, 5) is 14.8. The molecule has 0 bridgehead atoms. The number of alkyl halides is 3. The van der Waals surface area contributed by atoms with Crippen LogP contribution in [0.4, 0.5) is 13.2 Å². The van der Waals surface area contributed by atoms with Crippen LogP contribution in [0.2, 0.25) is 0 Å². The fourth-order valence-electron chi connectivity index (χ4n) is 1.48. The SMILES string of the molecule is CCOC(=O)Cc1c(C(F)F)cc(F)nc1CBr. The predicted molar refractivity (Wildman–Crippen MR) is 62.1 cm³/mol. The molecule has 0 saturated carbocycles. The molecule has 0 aliphatic heterocycles. The second-order valence-electron chi connectivity index (χ2n) is 3.38. The number of ether oxygens (including phenoxy) is 1. The monoisotopic (exact) mass is 325 g/mol. The third kappa shape index (κ3) is 3.69. The van der Waals surface area contributed by atoms with Crippen molar-refractivity contribution in [3.8, 4) is 0 Å². The molecule has 0 aromatic carbocycles. The van der Waals surface area contributed by atoms with Gasteiger partial charge in [-0.05, 0) is 12.5 Å². The molecule has 0 aliphatic carbocycles. The van der Waals surface area contributed by atoms with Gasteiger partial charge < -0.3 is 4.74 Å². The Labute approximate surface area is 110 Å². The van der Waals surface area contributed by atoms with Crippen molar-refractivity contribution in [2.24, 2.45) is 0 Å². The van der Waals surface area contributed by atoms with Crippen molar-refractivity contribution in [2.75, 3.05) is 6.61 Å². The number of nitrogens with zero attached hydrogens (tertiary/aromatic N) is 1. The van der Waals surface area contributed by atoms with Crippen LogP contribution in [0.25, 0.3) is 0 Å². The lowest BCUT2D eigenvalue weighted by Crippen LogP contribution is -2.13. The highest BCUT2D eigenvalue weighted by molar-refractivity contribution is 9.08. The van der Waals surface area contributed by atoms with Crippen LogP contribution >= 0.6 is 15.9 Å². The largest absolute Gasteiger partial charge is 0.466 e. The van der Waals surface area contributed by atoms with Crippen LogP contribution in [0.3, 0.4) is 0 Å². The molecule has 0 fully saturated rings. The van der Waals surface area contributed by atoms with Crippen LogP contribution in [0.1, 0.15) is 30.2 Å². The minimum atomic E-state index is -2.87. The first-order valence-corrected chi connectivity index (χ1v) is 6.29. The number of hydrogen-bond acceptors (Lipinski definition) is 3. The van der Waals surface area contributed by atoms with Gasteiger partial charge in [-0.3, -0.25) is 4.79 Å². The third-order valence-electron chi connectivity index (χ3n) is 2.20. The molecule has 0 saturated heterocycles. The van der Waals surface area contributed by atoms with Gasteiger partial charge in [-0.15, -0.1) is 0 Å². The topological polar surface area (TPSA) is 39.2 Å². The Bertz CT molecular complexity index is 441. The van der Waals surface area contributed by atoms with E-state index in [1.54, 1.807) is 6.92 Å². The normalized spacial score (nSPS) is 10.8. The van der Waals surface area contributed by atoms with Crippen molar-refractivity contribution in [1.82, 2.24) is 4.98 Å². The number of hydrogen-bond donors (Lipinski definition) is 0. The smallest absolute Gasteiger partial charge is 0.310 e. The summed E-state index contributed by atoms with van der Waals surface area (Å²) in [7, 11) is 0. The van der Waals surface area contributed by atoms with Crippen LogP contribution in [0.15, 0.2) is 6.07 Å². The molecular formula is C11H11BrF3NO2. The van der Waals surface area contributed by atoms with Gasteiger partial charge in [-0.25, -0.2) is 13.8 Å². The van der Waals surface area contributed by atoms with Gasteiger partial charge in [-0.2, -0.15) is 4.39 Å². The van der Waals surface area contributed by atoms with E-state index in [1.807, 2.05) is 0 Å². The van der Waals surface area contributed by atoms with Crippen LogP contribution in [0, 0.1) is 5.95 Å². The number of rotatable bonds is 5. The van der Waals surface area contributed by atoms with E-state index in [0.717, 1.165) is 0 Å². The lowest BCUT2D eigenvalue weighted by atomic mass is 10.0. The molecule has 0 unspecified atom stereocenters. The highest BCUT2D eigenvalue weighted by Crippen LogP contribution is 2.27. The average molecular weight is 326 g/mol. The van der Waals surface area contributed by atoms with Gasteiger partial charge in [0.15, 0.2) is 0 Å². The number of pyridine rings is 1. The van der Waals surface area contributed by atoms with E-state index < -0.39 is 23.9 Å². The van der Waals surface area contributed by atoms with Crippen molar-refractivity contribution in [1.29, 1.82) is 0 Å². The Morgan fingerprint density at radius 3 is 2.72 bits per heavy atom. The Hall–Kier alpha value is -1.11. The fraction of sp³-hybridized carbons (Fsp3) is 0.455. The minimum absolute atomic E-state index is 0.0155. The van der Waals surface area contributed by atoms with Crippen LogP contribution < -0.4 is 0 Å². The Balaban J connectivity index is 3.16. The highest BCUT2D eigenvalue weighted by Gasteiger charge is 2.21. The van der Waals surface area contributed by atoms with E-state index in [4.69, 9.17) is 0 Å². The lowest BCUT2D eigenvalue weighted by molar-refractivity contribution is -0.142. The zero-order valence-electron chi connectivity index (χ0n) is 9.55. The molecular weight excluding hydrogens is 315 g/mol. The van der Waals surface area contributed by atoms with Crippen molar-refractivity contribution in [2.45, 2.75) is 25.1 Å². The maximum atomic E-state index is 13.1. The highest BCUT2D eigenvalue weighted by atomic mass is 79.9. The third-order valence-corrected chi connectivity index (χ3v) is 2.73. The van der Waals surface area contributed by atoms with Gasteiger partial charge >= 0.3 is 5.97 Å². The maximum absolute atomic E-state index is 13.1. The second kappa shape index (κ2) is 6.72. The number of carbonyl (C=O) groups is 1. The quantitative estimate of drug-likeness (QED) is 0.474. The van der Waals surface area contributed by atoms with Crippen molar-refractivity contribution >= 4 is 21.9 Å². The van der Waals surface area contributed by atoms with Gasteiger partial charge in [-0.1, -0.05) is 15.9 Å². The van der Waals surface area contributed by atoms with E-state index >= 15 is 0 Å². The molecule has 1 aromatic rings. The number of carbonyl (C=O) groups excluding carboxylic acids is 1. The first kappa shape index (κ1) is 14.9. The molecule has 3 nitrogen and oxygen atoms in total. The summed E-state index contributed by atoms with van der Waals surface area (Å²) in [6.07, 6.45) is -3.22. The van der Waals surface area contributed by atoms with Crippen molar-refractivity contribution < 1.29 is 22.7 Å². The number of halogens is 4. The van der Waals surface area contributed by atoms with Gasteiger partial charge in [0.1, 0.15) is 0 Å². The zero-order valence-corrected chi connectivity index (χ0v) is 11.1. The molecule has 0 N–H and O–H groups in total.